The van der Waals surface area contributed by atoms with E-state index in [9.17, 15) is 8.78 Å². The van der Waals surface area contributed by atoms with Crippen molar-refractivity contribution in [2.24, 2.45) is 15.7 Å². The highest BCUT2D eigenvalue weighted by Gasteiger charge is 2.36. The molecular formula is C24H27F2N7O. The van der Waals surface area contributed by atoms with Crippen molar-refractivity contribution in [2.45, 2.75) is 32.1 Å². The van der Waals surface area contributed by atoms with E-state index in [4.69, 9.17) is 15.5 Å². The van der Waals surface area contributed by atoms with Gasteiger partial charge in [-0.15, -0.1) is 0 Å². The molecule has 0 amide bonds. The van der Waals surface area contributed by atoms with E-state index >= 15 is 0 Å². The maximum absolute atomic E-state index is 14.3. The zero-order valence-corrected chi connectivity index (χ0v) is 18.9. The van der Waals surface area contributed by atoms with E-state index in [-0.39, 0.29) is 11.9 Å². The number of nitrogens with two attached hydrogens (primary N) is 1. The second-order valence-electron chi connectivity index (χ2n) is 8.19. The molecule has 34 heavy (non-hydrogen) atoms. The Bertz CT molecular complexity index is 1200. The molecule has 10 heteroatoms. The lowest BCUT2D eigenvalue weighted by atomic mass is 10.0. The summed E-state index contributed by atoms with van der Waals surface area (Å²) in [7, 11) is 0. The predicted octanol–water partition coefficient (Wildman–Crippen LogP) is 3.58. The summed E-state index contributed by atoms with van der Waals surface area (Å²) >= 11 is 0. The van der Waals surface area contributed by atoms with Crippen molar-refractivity contribution in [3.05, 3.63) is 66.0 Å². The van der Waals surface area contributed by atoms with Crippen LogP contribution in [0.3, 0.4) is 0 Å². The first-order valence-electron chi connectivity index (χ1n) is 11.4. The molecule has 5 rings (SSSR count). The fourth-order valence-corrected chi connectivity index (χ4v) is 4.55. The molecule has 0 saturated carbocycles. The van der Waals surface area contributed by atoms with Crippen LogP contribution < -0.4 is 5.73 Å². The van der Waals surface area contributed by atoms with Crippen LogP contribution in [0.15, 0.2) is 64.6 Å². The van der Waals surface area contributed by atoms with Crippen LogP contribution in [0.4, 0.5) is 8.78 Å². The number of ether oxygens (including phenoxy) is 1. The molecule has 8 nitrogen and oxygen atoms in total. The van der Waals surface area contributed by atoms with Gasteiger partial charge in [0.05, 0.1) is 30.3 Å². The second kappa shape index (κ2) is 9.47. The number of guanidine groups is 1. The van der Waals surface area contributed by atoms with Crippen molar-refractivity contribution in [3.63, 3.8) is 0 Å². The molecular weight excluding hydrogens is 440 g/mol. The van der Waals surface area contributed by atoms with Gasteiger partial charge in [-0.05, 0) is 24.1 Å². The fraction of sp³-hybridized carbons (Fsp3) is 0.375. The van der Waals surface area contributed by atoms with E-state index in [1.165, 1.54) is 4.57 Å². The number of halogens is 2. The minimum absolute atomic E-state index is 0.225. The van der Waals surface area contributed by atoms with Crippen LogP contribution in [0.2, 0.25) is 0 Å². The molecule has 1 fully saturated rings. The monoisotopic (exact) mass is 467 g/mol. The number of rotatable bonds is 4. The first-order valence-corrected chi connectivity index (χ1v) is 11.4. The van der Waals surface area contributed by atoms with Crippen molar-refractivity contribution in [1.29, 1.82) is 0 Å². The molecule has 2 aliphatic heterocycles. The third kappa shape index (κ3) is 4.03. The minimum atomic E-state index is -2.80. The van der Waals surface area contributed by atoms with Crippen LogP contribution in [0.25, 0.3) is 11.0 Å². The first-order chi connectivity index (χ1) is 16.6. The van der Waals surface area contributed by atoms with Crippen LogP contribution in [-0.2, 0) is 4.74 Å². The van der Waals surface area contributed by atoms with Crippen LogP contribution in [0.5, 0.6) is 0 Å². The van der Waals surface area contributed by atoms with Crippen LogP contribution in [0, 0.1) is 0 Å². The van der Waals surface area contributed by atoms with Crippen molar-refractivity contribution < 1.29 is 13.5 Å². The summed E-state index contributed by atoms with van der Waals surface area (Å²) < 4.78 is 35.4. The Kier molecular flexibility index (Phi) is 6.25. The number of nitrogens with zero attached hydrogens (tertiary/aromatic N) is 6. The summed E-state index contributed by atoms with van der Waals surface area (Å²) in [4.78, 5) is 17.5. The SMILES string of the molecule is CCC(c1ccccc1)N1C(n2c(C(F)F)nc3ccccc32)=NC(N2CCOCC2)=N[C@@H]1N. The molecule has 0 bridgehead atoms. The van der Waals surface area contributed by atoms with Crippen molar-refractivity contribution in [1.82, 2.24) is 19.4 Å². The first kappa shape index (κ1) is 22.4. The summed E-state index contributed by atoms with van der Waals surface area (Å²) in [5.41, 5.74) is 8.65. The van der Waals surface area contributed by atoms with Crippen molar-refractivity contribution in [3.8, 4) is 0 Å². The predicted molar refractivity (Wildman–Crippen MR) is 127 cm³/mol. The van der Waals surface area contributed by atoms with Gasteiger partial charge in [0.2, 0.25) is 11.9 Å². The van der Waals surface area contributed by atoms with Gasteiger partial charge >= 0.3 is 0 Å². The maximum Gasteiger partial charge on any atom is 0.296 e. The van der Waals surface area contributed by atoms with E-state index in [1.54, 1.807) is 24.3 Å². The Hall–Kier alpha value is -3.37. The van der Waals surface area contributed by atoms with E-state index in [0.717, 1.165) is 5.56 Å². The quantitative estimate of drug-likeness (QED) is 0.634. The minimum Gasteiger partial charge on any atom is -0.378 e. The largest absolute Gasteiger partial charge is 0.378 e. The third-order valence-corrected chi connectivity index (χ3v) is 6.15. The highest BCUT2D eigenvalue weighted by atomic mass is 19.3. The van der Waals surface area contributed by atoms with Gasteiger partial charge in [0, 0.05) is 13.1 Å². The average Bonchev–Trinajstić information content (AvgIpc) is 3.26. The second-order valence-corrected chi connectivity index (χ2v) is 8.19. The van der Waals surface area contributed by atoms with E-state index in [1.807, 2.05) is 47.1 Å². The molecule has 1 saturated heterocycles. The highest BCUT2D eigenvalue weighted by molar-refractivity contribution is 6.02. The number of para-hydroxylation sites is 2. The van der Waals surface area contributed by atoms with Gasteiger partial charge in [-0.1, -0.05) is 49.4 Å². The number of aromatic nitrogens is 2. The molecule has 3 aromatic rings. The summed E-state index contributed by atoms with van der Waals surface area (Å²) in [5, 5.41) is 0. The molecule has 2 aliphatic rings. The summed E-state index contributed by atoms with van der Waals surface area (Å²) in [6.07, 6.45) is -2.94. The fourth-order valence-electron chi connectivity index (χ4n) is 4.55. The van der Waals surface area contributed by atoms with Crippen molar-refractivity contribution >= 4 is 23.0 Å². The van der Waals surface area contributed by atoms with Crippen molar-refractivity contribution in [2.75, 3.05) is 26.3 Å². The van der Waals surface area contributed by atoms with Gasteiger partial charge in [0.15, 0.2) is 12.1 Å². The van der Waals surface area contributed by atoms with Crippen LogP contribution >= 0.6 is 0 Å². The molecule has 2 aromatic carbocycles. The summed E-state index contributed by atoms with van der Waals surface area (Å²) in [6.45, 7) is 4.32. The number of benzene rings is 2. The topological polar surface area (TPSA) is 84.3 Å². The zero-order valence-electron chi connectivity index (χ0n) is 18.9. The lowest BCUT2D eigenvalue weighted by Crippen LogP contribution is -2.54. The van der Waals surface area contributed by atoms with Crippen LogP contribution in [0.1, 0.15) is 37.2 Å². The Morgan fingerprint density at radius 2 is 1.76 bits per heavy atom. The normalized spacial score (nSPS) is 20.0. The molecule has 0 radical (unpaired) electrons. The van der Waals surface area contributed by atoms with Gasteiger partial charge < -0.3 is 14.5 Å². The summed E-state index contributed by atoms with van der Waals surface area (Å²) in [6, 6.07) is 16.7. The highest BCUT2D eigenvalue weighted by Crippen LogP contribution is 2.32. The van der Waals surface area contributed by atoms with Gasteiger partial charge in [-0.3, -0.25) is 10.3 Å². The number of aliphatic imine (C=N–C) groups is 2. The molecule has 1 unspecified atom stereocenters. The number of hydrogen-bond acceptors (Lipinski definition) is 7. The van der Waals surface area contributed by atoms with Gasteiger partial charge in [0.1, 0.15) is 0 Å². The van der Waals surface area contributed by atoms with Crippen LogP contribution in [-0.4, -0.2) is 63.9 Å². The smallest absolute Gasteiger partial charge is 0.296 e. The Morgan fingerprint density at radius 3 is 2.47 bits per heavy atom. The standard InChI is InChI=1S/C24H27F2N7O/c1-2-18(16-8-4-3-5-9-16)33-22(27)29-23(31-12-14-34-15-13-31)30-24(33)32-19-11-7-6-10-17(19)28-21(32)20(25)26/h3-11,18,20,22H,2,12-15,27H2,1H3/t18?,22-/m0/s1. The lowest BCUT2D eigenvalue weighted by Gasteiger charge is -2.41. The van der Waals surface area contributed by atoms with E-state index in [0.29, 0.717) is 55.7 Å². The lowest BCUT2D eigenvalue weighted by molar-refractivity contribution is 0.0665. The maximum atomic E-state index is 14.3. The summed E-state index contributed by atoms with van der Waals surface area (Å²) in [5.74, 6) is 0.343. The number of imidazole rings is 1. The number of alkyl halides is 2. The van der Waals surface area contributed by atoms with E-state index < -0.39 is 12.7 Å². The number of fused-ring (bicyclic) bond motifs is 1. The van der Waals surface area contributed by atoms with E-state index in [2.05, 4.69) is 9.98 Å². The molecule has 0 spiro atoms. The molecule has 3 heterocycles. The Morgan fingerprint density at radius 1 is 1.06 bits per heavy atom. The zero-order chi connectivity index (χ0) is 23.7. The molecule has 2 atom stereocenters. The Balaban J connectivity index is 1.70. The molecule has 2 N–H and O–H groups in total. The Labute approximate surface area is 196 Å². The van der Waals surface area contributed by atoms with Gasteiger partial charge in [0.25, 0.3) is 6.43 Å². The molecule has 178 valence electrons. The van der Waals surface area contributed by atoms with Gasteiger partial charge in [-0.2, -0.15) is 4.99 Å². The third-order valence-electron chi connectivity index (χ3n) is 6.15. The molecule has 0 aliphatic carbocycles. The van der Waals surface area contributed by atoms with Gasteiger partial charge in [-0.25, -0.2) is 18.8 Å². The number of hydrogen-bond donors (Lipinski definition) is 1. The molecule has 1 aromatic heterocycles. The number of morpholine rings is 1. The average molecular weight is 468 g/mol.